The van der Waals surface area contributed by atoms with Crippen molar-refractivity contribution in [3.63, 3.8) is 0 Å². The highest BCUT2D eigenvalue weighted by Crippen LogP contribution is 2.34. The molecule has 0 aliphatic heterocycles. The lowest BCUT2D eigenvalue weighted by Gasteiger charge is -2.24. The van der Waals surface area contributed by atoms with Crippen LogP contribution in [0.3, 0.4) is 0 Å². The van der Waals surface area contributed by atoms with E-state index in [0.29, 0.717) is 39.7 Å². The maximum absolute atomic E-state index is 13.3. The van der Waals surface area contributed by atoms with Crippen molar-refractivity contribution in [1.82, 2.24) is 14.9 Å². The van der Waals surface area contributed by atoms with Crippen LogP contribution in [0.2, 0.25) is 10.0 Å². The molecule has 0 bridgehead atoms. The minimum Gasteiger partial charge on any atom is -0.491 e. The van der Waals surface area contributed by atoms with Gasteiger partial charge in [-0.05, 0) is 56.6 Å². The van der Waals surface area contributed by atoms with Crippen LogP contribution in [-0.4, -0.2) is 66.5 Å². The van der Waals surface area contributed by atoms with E-state index in [2.05, 4.69) is 15.3 Å². The zero-order chi connectivity index (χ0) is 23.8. The summed E-state index contributed by atoms with van der Waals surface area (Å²) in [5.74, 6) is 1.65. The number of aliphatic hydroxyl groups is 1. The summed E-state index contributed by atoms with van der Waals surface area (Å²) in [5, 5.41) is 14.0. The third kappa shape index (κ3) is 7.43. The zero-order valence-electron chi connectivity index (χ0n) is 18.4. The first-order valence-electron chi connectivity index (χ1n) is 10.3. The highest BCUT2D eigenvalue weighted by molar-refractivity contribution is 6.35. The van der Waals surface area contributed by atoms with Gasteiger partial charge in [0.05, 0.1) is 17.3 Å². The molecule has 33 heavy (non-hydrogen) atoms. The fourth-order valence-corrected chi connectivity index (χ4v) is 3.53. The Hall–Kier alpha value is -2.65. The molecule has 0 saturated heterocycles. The molecule has 0 aliphatic carbocycles. The molecule has 1 aromatic heterocycles. The normalized spacial score (nSPS) is 12.0. The van der Waals surface area contributed by atoms with Gasteiger partial charge in [-0.2, -0.15) is 0 Å². The van der Waals surface area contributed by atoms with Gasteiger partial charge in [-0.1, -0.05) is 23.2 Å². The summed E-state index contributed by atoms with van der Waals surface area (Å²) in [7, 11) is 3.78. The zero-order valence-corrected chi connectivity index (χ0v) is 19.9. The van der Waals surface area contributed by atoms with Crippen molar-refractivity contribution >= 4 is 46.2 Å². The van der Waals surface area contributed by atoms with Gasteiger partial charge in [0.25, 0.3) is 0 Å². The van der Waals surface area contributed by atoms with Gasteiger partial charge in [0.1, 0.15) is 43.1 Å². The minimum absolute atomic E-state index is 0.0578. The number of halogens is 3. The molecule has 0 radical (unpaired) electrons. The predicted octanol–water partition coefficient (Wildman–Crippen LogP) is 4.94. The maximum Gasteiger partial charge on any atom is 0.138 e. The Morgan fingerprint density at radius 3 is 2.55 bits per heavy atom. The molecule has 0 aliphatic rings. The monoisotopic (exact) mass is 493 g/mol. The van der Waals surface area contributed by atoms with Crippen molar-refractivity contribution in [1.29, 1.82) is 0 Å². The lowest BCUT2D eigenvalue weighted by atomic mass is 10.2. The summed E-state index contributed by atoms with van der Waals surface area (Å²) in [6.07, 6.45) is 0.822. The van der Waals surface area contributed by atoms with Gasteiger partial charge < -0.3 is 25.0 Å². The van der Waals surface area contributed by atoms with E-state index in [9.17, 15) is 9.50 Å². The van der Waals surface area contributed by atoms with E-state index in [0.717, 1.165) is 5.69 Å². The molecule has 176 valence electrons. The Bertz CT molecular complexity index is 1040. The molecule has 10 heteroatoms. The second-order valence-corrected chi connectivity index (χ2v) is 8.42. The van der Waals surface area contributed by atoms with E-state index >= 15 is 0 Å². The molecule has 1 atom stereocenters. The van der Waals surface area contributed by atoms with Gasteiger partial charge in [-0.15, -0.1) is 0 Å². The molecule has 2 N–H and O–H groups in total. The van der Waals surface area contributed by atoms with E-state index in [1.165, 1.54) is 6.33 Å². The van der Waals surface area contributed by atoms with Crippen molar-refractivity contribution in [2.45, 2.75) is 6.10 Å². The number of ether oxygens (including phenoxy) is 1. The summed E-state index contributed by atoms with van der Waals surface area (Å²) in [6.45, 7) is 0.189. The van der Waals surface area contributed by atoms with E-state index in [1.807, 2.05) is 31.1 Å². The van der Waals surface area contributed by atoms with Crippen LogP contribution in [0.5, 0.6) is 5.75 Å². The summed E-state index contributed by atoms with van der Waals surface area (Å²) < 4.78 is 18.9. The number of aliphatic hydroxyl groups excluding tert-OH is 1. The lowest BCUT2D eigenvalue weighted by molar-refractivity contribution is 0.0831. The number of nitrogens with zero attached hydrogens (tertiary/aromatic N) is 4. The van der Waals surface area contributed by atoms with Crippen molar-refractivity contribution < 1.29 is 14.2 Å². The average Bonchev–Trinajstić information content (AvgIpc) is 2.78. The third-order valence-electron chi connectivity index (χ3n) is 4.58. The SMILES string of the molecule is CN(C)CC(O)COc1ccc(Nc2cc(N(CCF)c3cc(Cl)ccc3Cl)ncn2)cc1. The van der Waals surface area contributed by atoms with Gasteiger partial charge in [0, 0.05) is 23.3 Å². The summed E-state index contributed by atoms with van der Waals surface area (Å²) in [4.78, 5) is 12.1. The maximum atomic E-state index is 13.3. The van der Waals surface area contributed by atoms with Gasteiger partial charge in [0.15, 0.2) is 0 Å². The minimum atomic E-state index is -0.597. The molecule has 0 spiro atoms. The molecule has 3 rings (SSSR count). The molecule has 0 fully saturated rings. The fourth-order valence-electron chi connectivity index (χ4n) is 3.15. The number of rotatable bonds is 11. The smallest absolute Gasteiger partial charge is 0.138 e. The first-order chi connectivity index (χ1) is 15.9. The molecule has 3 aromatic rings. The van der Waals surface area contributed by atoms with Gasteiger partial charge in [-0.25, -0.2) is 14.4 Å². The number of benzene rings is 2. The Morgan fingerprint density at radius 2 is 1.85 bits per heavy atom. The standard InChI is InChI=1S/C23H26Cl2FN5O2/c1-30(2)13-18(32)14-33-19-6-4-17(5-7-19)29-22-12-23(28-15-27-22)31(10-9-26)21-11-16(24)3-8-20(21)25/h3-8,11-12,15,18,32H,9-10,13-14H2,1-2H3,(H,27,28,29). The van der Waals surface area contributed by atoms with Gasteiger partial charge in [0.2, 0.25) is 0 Å². The first-order valence-corrected chi connectivity index (χ1v) is 11.0. The second kappa shape index (κ2) is 12.0. The number of hydrogen-bond donors (Lipinski definition) is 2. The molecule has 0 amide bonds. The topological polar surface area (TPSA) is 73.8 Å². The van der Waals surface area contributed by atoms with Gasteiger partial charge >= 0.3 is 0 Å². The highest BCUT2D eigenvalue weighted by atomic mass is 35.5. The Morgan fingerprint density at radius 1 is 1.09 bits per heavy atom. The summed E-state index contributed by atoms with van der Waals surface area (Å²) in [6, 6.07) is 14.0. The van der Waals surface area contributed by atoms with Crippen LogP contribution >= 0.6 is 23.2 Å². The molecule has 2 aromatic carbocycles. The van der Waals surface area contributed by atoms with Crippen molar-refractivity contribution in [3.8, 4) is 5.75 Å². The largest absolute Gasteiger partial charge is 0.491 e. The Labute approximate surface area is 202 Å². The average molecular weight is 494 g/mol. The number of alkyl halides is 1. The van der Waals surface area contributed by atoms with Crippen LogP contribution in [-0.2, 0) is 0 Å². The molecule has 1 unspecified atom stereocenters. The number of aromatic nitrogens is 2. The van der Waals surface area contributed by atoms with Crippen molar-refractivity contribution in [3.05, 3.63) is 64.9 Å². The molecular weight excluding hydrogens is 468 g/mol. The van der Waals surface area contributed by atoms with Crippen LogP contribution in [0.4, 0.5) is 27.4 Å². The van der Waals surface area contributed by atoms with E-state index in [1.54, 1.807) is 41.3 Å². The van der Waals surface area contributed by atoms with Crippen molar-refractivity contribution in [2.24, 2.45) is 0 Å². The van der Waals surface area contributed by atoms with E-state index in [4.69, 9.17) is 27.9 Å². The summed E-state index contributed by atoms with van der Waals surface area (Å²) >= 11 is 12.4. The van der Waals surface area contributed by atoms with Crippen LogP contribution in [0.25, 0.3) is 0 Å². The quantitative estimate of drug-likeness (QED) is 0.391. The molecule has 0 saturated carbocycles. The van der Waals surface area contributed by atoms with E-state index in [-0.39, 0.29) is 13.2 Å². The van der Waals surface area contributed by atoms with E-state index < -0.39 is 12.8 Å². The molecule has 7 nitrogen and oxygen atoms in total. The number of anilines is 4. The molecule has 1 heterocycles. The van der Waals surface area contributed by atoms with Crippen LogP contribution < -0.4 is 15.0 Å². The lowest BCUT2D eigenvalue weighted by Crippen LogP contribution is -2.30. The number of hydrogen-bond acceptors (Lipinski definition) is 7. The second-order valence-electron chi connectivity index (χ2n) is 7.57. The van der Waals surface area contributed by atoms with Crippen LogP contribution in [0, 0.1) is 0 Å². The third-order valence-corrected chi connectivity index (χ3v) is 5.14. The fraction of sp³-hybridized carbons (Fsp3) is 0.304. The van der Waals surface area contributed by atoms with Gasteiger partial charge in [-0.3, -0.25) is 0 Å². The predicted molar refractivity (Wildman–Crippen MR) is 131 cm³/mol. The summed E-state index contributed by atoms with van der Waals surface area (Å²) in [5.41, 5.74) is 1.34. The van der Waals surface area contributed by atoms with Crippen LogP contribution in [0.1, 0.15) is 0 Å². The Kier molecular flexibility index (Phi) is 9.08. The number of nitrogens with one attached hydrogen (secondary N) is 1. The Balaban J connectivity index is 1.71. The van der Waals surface area contributed by atoms with Crippen molar-refractivity contribution in [2.75, 3.05) is 50.7 Å². The molecular formula is C23H26Cl2FN5O2. The highest BCUT2D eigenvalue weighted by Gasteiger charge is 2.16. The number of likely N-dealkylation sites (N-methyl/N-ethyl adjacent to an activating group) is 1. The van der Waals surface area contributed by atoms with Crippen LogP contribution in [0.15, 0.2) is 54.9 Å². The first kappa shape index (κ1) is 25.0.